The number of halogens is 4. The Morgan fingerprint density at radius 3 is 2.41 bits per heavy atom. The van der Waals surface area contributed by atoms with Crippen LogP contribution in [0.3, 0.4) is 0 Å². The van der Waals surface area contributed by atoms with Crippen molar-refractivity contribution in [3.63, 3.8) is 0 Å². The minimum atomic E-state index is -5.34. The van der Waals surface area contributed by atoms with Crippen molar-refractivity contribution < 1.29 is 36.8 Å². The van der Waals surface area contributed by atoms with Crippen LogP contribution in [0.4, 0.5) is 17.6 Å². The first-order valence-electron chi connectivity index (χ1n) is 10.00. The quantitative estimate of drug-likeness (QED) is 0.601. The van der Waals surface area contributed by atoms with E-state index in [0.29, 0.717) is 17.7 Å². The third kappa shape index (κ3) is 5.07. The molecule has 0 unspecified atom stereocenters. The molecule has 9 nitrogen and oxygen atoms in total. The van der Waals surface area contributed by atoms with Crippen molar-refractivity contribution in [3.05, 3.63) is 62.3 Å². The Balaban J connectivity index is 1.91. The third-order valence-corrected chi connectivity index (χ3v) is 5.48. The van der Waals surface area contributed by atoms with Gasteiger partial charge < -0.3 is 14.6 Å². The van der Waals surface area contributed by atoms with E-state index in [9.17, 15) is 36.7 Å². The topological polar surface area (TPSA) is 102 Å². The van der Waals surface area contributed by atoms with E-state index in [4.69, 9.17) is 0 Å². The molecule has 0 aliphatic carbocycles. The number of carbonyl (C=O) groups excluding carboxylic acids is 3. The summed E-state index contributed by atoms with van der Waals surface area (Å²) < 4.78 is 52.0. The van der Waals surface area contributed by atoms with Crippen LogP contribution in [0.5, 0.6) is 0 Å². The molecule has 1 aromatic heterocycles. The molecule has 0 N–H and O–H groups in total. The second kappa shape index (κ2) is 9.23. The number of alkyl halides is 3. The standard InChI is InChI=1S/C21H20F4N4O5/c1-11-12(2)18(31)29(34-20(33)21(23,24)25)26-16(11)9-13-4-5-15(22)14(8-13)19(32)28-7-6-27(3)17(30)10-28/h4-5,8H,6-7,9-10H2,1-3H3. The average Bonchev–Trinajstić information content (AvgIpc) is 2.77. The fourth-order valence-corrected chi connectivity index (χ4v) is 3.25. The van der Waals surface area contributed by atoms with Crippen LogP contribution in [0.15, 0.2) is 23.0 Å². The fourth-order valence-electron chi connectivity index (χ4n) is 3.25. The van der Waals surface area contributed by atoms with Crippen LogP contribution in [-0.4, -0.2) is 70.4 Å². The molecule has 0 radical (unpaired) electrons. The number of benzene rings is 1. The zero-order valence-electron chi connectivity index (χ0n) is 18.4. The van der Waals surface area contributed by atoms with Gasteiger partial charge in [-0.25, -0.2) is 9.18 Å². The minimum Gasteiger partial charge on any atom is -0.342 e. The molecular weight excluding hydrogens is 464 g/mol. The molecule has 13 heteroatoms. The highest BCUT2D eigenvalue weighted by Crippen LogP contribution is 2.19. The second-order valence-electron chi connectivity index (χ2n) is 7.78. The summed E-state index contributed by atoms with van der Waals surface area (Å²) in [5.74, 6) is -4.41. The zero-order chi connectivity index (χ0) is 25.4. The van der Waals surface area contributed by atoms with Gasteiger partial charge in [-0.1, -0.05) is 6.07 Å². The molecule has 182 valence electrons. The van der Waals surface area contributed by atoms with E-state index >= 15 is 0 Å². The maximum Gasteiger partial charge on any atom is 0.493 e. The number of nitrogens with zero attached hydrogens (tertiary/aromatic N) is 4. The van der Waals surface area contributed by atoms with Crippen LogP contribution in [-0.2, 0) is 16.0 Å². The van der Waals surface area contributed by atoms with Gasteiger partial charge in [-0.2, -0.15) is 13.2 Å². The fraction of sp³-hybridized carbons (Fsp3) is 0.381. The molecule has 3 rings (SSSR count). The smallest absolute Gasteiger partial charge is 0.342 e. The molecule has 34 heavy (non-hydrogen) atoms. The van der Waals surface area contributed by atoms with Crippen molar-refractivity contribution in [1.29, 1.82) is 0 Å². The second-order valence-corrected chi connectivity index (χ2v) is 7.78. The maximum absolute atomic E-state index is 14.4. The van der Waals surface area contributed by atoms with Gasteiger partial charge in [0.25, 0.3) is 5.91 Å². The lowest BCUT2D eigenvalue weighted by molar-refractivity contribution is -0.202. The van der Waals surface area contributed by atoms with Crippen molar-refractivity contribution in [3.8, 4) is 0 Å². The summed E-state index contributed by atoms with van der Waals surface area (Å²) in [5, 5.41) is 3.71. The molecule has 2 amide bonds. The van der Waals surface area contributed by atoms with Crippen molar-refractivity contribution in [2.24, 2.45) is 0 Å². The number of piperazine rings is 1. The molecule has 2 heterocycles. The zero-order valence-corrected chi connectivity index (χ0v) is 18.4. The van der Waals surface area contributed by atoms with Crippen LogP contribution in [0.25, 0.3) is 0 Å². The van der Waals surface area contributed by atoms with Gasteiger partial charge in [-0.15, -0.1) is 5.10 Å². The van der Waals surface area contributed by atoms with Crippen molar-refractivity contribution in [2.75, 3.05) is 26.7 Å². The van der Waals surface area contributed by atoms with Crippen LogP contribution < -0.4 is 10.4 Å². The van der Waals surface area contributed by atoms with Crippen molar-refractivity contribution >= 4 is 17.8 Å². The summed E-state index contributed by atoms with van der Waals surface area (Å²) in [7, 11) is 1.59. The van der Waals surface area contributed by atoms with Crippen molar-refractivity contribution in [1.82, 2.24) is 19.7 Å². The van der Waals surface area contributed by atoms with E-state index in [1.54, 1.807) is 7.05 Å². The van der Waals surface area contributed by atoms with Gasteiger partial charge in [0.1, 0.15) is 12.4 Å². The summed E-state index contributed by atoms with van der Waals surface area (Å²) in [6.45, 7) is 3.15. The van der Waals surface area contributed by atoms with Gasteiger partial charge in [-0.05, 0) is 42.0 Å². The molecule has 0 atom stereocenters. The largest absolute Gasteiger partial charge is 0.493 e. The molecule has 1 aliphatic heterocycles. The molecule has 1 aliphatic rings. The lowest BCUT2D eigenvalue weighted by Crippen LogP contribution is -2.50. The number of aromatic nitrogens is 2. The van der Waals surface area contributed by atoms with Gasteiger partial charge >= 0.3 is 17.7 Å². The molecular formula is C21H20F4N4O5. The van der Waals surface area contributed by atoms with Crippen LogP contribution >= 0.6 is 0 Å². The number of amides is 2. The van der Waals surface area contributed by atoms with E-state index in [2.05, 4.69) is 9.94 Å². The number of carbonyl (C=O) groups is 3. The number of rotatable bonds is 4. The number of hydrogen-bond donors (Lipinski definition) is 0. The van der Waals surface area contributed by atoms with E-state index in [1.165, 1.54) is 35.8 Å². The Kier molecular flexibility index (Phi) is 6.75. The summed E-state index contributed by atoms with van der Waals surface area (Å²) in [4.78, 5) is 54.7. The minimum absolute atomic E-state index is 0.00525. The summed E-state index contributed by atoms with van der Waals surface area (Å²) >= 11 is 0. The van der Waals surface area contributed by atoms with E-state index in [0.717, 1.165) is 6.07 Å². The highest BCUT2D eigenvalue weighted by Gasteiger charge is 2.42. The highest BCUT2D eigenvalue weighted by molar-refractivity contribution is 5.97. The van der Waals surface area contributed by atoms with Gasteiger partial charge in [-0.3, -0.25) is 14.4 Å². The Morgan fingerprint density at radius 1 is 1.12 bits per heavy atom. The van der Waals surface area contributed by atoms with Crippen LogP contribution in [0.1, 0.15) is 32.7 Å². The lowest BCUT2D eigenvalue weighted by Gasteiger charge is -2.32. The van der Waals surface area contributed by atoms with E-state index in [-0.39, 0.29) is 47.1 Å². The summed E-state index contributed by atoms with van der Waals surface area (Å²) in [5.41, 5.74) is -0.588. The molecule has 0 saturated carbocycles. The third-order valence-electron chi connectivity index (χ3n) is 5.48. The SMILES string of the molecule is Cc1c(Cc2ccc(F)c(C(=O)N3CCN(C)C(=O)C3)c2)nn(OC(=O)C(F)(F)F)c(=O)c1C. The molecule has 1 saturated heterocycles. The molecule has 0 spiro atoms. The highest BCUT2D eigenvalue weighted by atomic mass is 19.4. The van der Waals surface area contributed by atoms with Gasteiger partial charge in [0.15, 0.2) is 0 Å². The van der Waals surface area contributed by atoms with Crippen LogP contribution in [0, 0.1) is 19.7 Å². The molecule has 2 aromatic rings. The Bertz CT molecular complexity index is 1220. The summed E-state index contributed by atoms with van der Waals surface area (Å²) in [6.07, 6.45) is -5.45. The number of hydrogen-bond acceptors (Lipinski definition) is 6. The average molecular weight is 484 g/mol. The van der Waals surface area contributed by atoms with Gasteiger partial charge in [0, 0.05) is 32.1 Å². The normalized spacial score (nSPS) is 14.4. The monoisotopic (exact) mass is 484 g/mol. The predicted octanol–water partition coefficient (Wildman–Crippen LogP) is 1.02. The first-order chi connectivity index (χ1) is 15.8. The Morgan fingerprint density at radius 2 is 1.79 bits per heavy atom. The maximum atomic E-state index is 14.4. The first kappa shape index (κ1) is 24.9. The van der Waals surface area contributed by atoms with Crippen molar-refractivity contribution in [2.45, 2.75) is 26.4 Å². The molecule has 0 bridgehead atoms. The molecule has 1 aromatic carbocycles. The van der Waals surface area contributed by atoms with E-state index in [1.807, 2.05) is 0 Å². The lowest BCUT2D eigenvalue weighted by atomic mass is 10.0. The van der Waals surface area contributed by atoms with Crippen LogP contribution in [0.2, 0.25) is 0 Å². The van der Waals surface area contributed by atoms with Gasteiger partial charge in [0.2, 0.25) is 5.91 Å². The Hall–Kier alpha value is -3.77. The van der Waals surface area contributed by atoms with Gasteiger partial charge in [0.05, 0.1) is 11.3 Å². The van der Waals surface area contributed by atoms with E-state index < -0.39 is 29.4 Å². The Labute approximate surface area is 190 Å². The summed E-state index contributed by atoms with van der Waals surface area (Å²) in [6, 6.07) is 3.63. The first-order valence-corrected chi connectivity index (χ1v) is 10.00. The predicted molar refractivity (Wildman–Crippen MR) is 108 cm³/mol. The number of likely N-dealkylation sites (N-methyl/N-ethyl adjacent to an activating group) is 1. The molecule has 1 fully saturated rings.